The molecular formula is C24H27N3O3. The van der Waals surface area contributed by atoms with E-state index in [1.807, 2.05) is 13.0 Å². The van der Waals surface area contributed by atoms with Crippen molar-refractivity contribution in [3.63, 3.8) is 0 Å². The molecule has 6 heteroatoms. The first-order valence-corrected chi connectivity index (χ1v) is 10.4. The molecule has 1 atom stereocenters. The molecule has 156 valence electrons. The van der Waals surface area contributed by atoms with Gasteiger partial charge < -0.3 is 15.6 Å². The van der Waals surface area contributed by atoms with Crippen LogP contribution in [0.3, 0.4) is 0 Å². The van der Waals surface area contributed by atoms with Gasteiger partial charge in [-0.15, -0.1) is 5.06 Å². The number of aromatic amines is 1. The van der Waals surface area contributed by atoms with E-state index in [4.69, 9.17) is 10.6 Å². The lowest BCUT2D eigenvalue weighted by molar-refractivity contribution is -0.198. The highest BCUT2D eigenvalue weighted by Gasteiger charge is 2.26. The van der Waals surface area contributed by atoms with Crippen LogP contribution in [0.5, 0.6) is 0 Å². The van der Waals surface area contributed by atoms with Crippen LogP contribution >= 0.6 is 0 Å². The van der Waals surface area contributed by atoms with Crippen LogP contribution in [0.15, 0.2) is 54.7 Å². The smallest absolute Gasteiger partial charge is 0.332 e. The maximum absolute atomic E-state index is 12.8. The van der Waals surface area contributed by atoms with E-state index in [2.05, 4.69) is 29.2 Å². The molecule has 1 aliphatic rings. The topological polar surface area (TPSA) is 88.4 Å². The maximum Gasteiger partial charge on any atom is 0.332 e. The lowest BCUT2D eigenvalue weighted by Gasteiger charge is -2.31. The quantitative estimate of drug-likeness (QED) is 0.653. The zero-order valence-corrected chi connectivity index (χ0v) is 17.1. The van der Waals surface area contributed by atoms with E-state index in [0.29, 0.717) is 11.5 Å². The Bertz CT molecular complexity index is 1040. The molecule has 30 heavy (non-hydrogen) atoms. The molecule has 0 saturated carbocycles. The van der Waals surface area contributed by atoms with Crippen LogP contribution in [0, 0.1) is 5.92 Å². The number of H-pyrrole nitrogens is 1. The van der Waals surface area contributed by atoms with Gasteiger partial charge in [0.1, 0.15) is 0 Å². The normalized spacial score (nSPS) is 16.4. The number of amides is 1. The first-order chi connectivity index (χ1) is 14.5. The largest absolute Gasteiger partial charge is 0.367 e. The number of carbonyl (C=O) groups is 2. The number of hydrogen-bond acceptors (Lipinski definition) is 4. The van der Waals surface area contributed by atoms with E-state index in [-0.39, 0.29) is 5.97 Å². The van der Waals surface area contributed by atoms with Crippen LogP contribution in [-0.4, -0.2) is 35.0 Å². The summed E-state index contributed by atoms with van der Waals surface area (Å²) >= 11 is 0. The van der Waals surface area contributed by atoms with Gasteiger partial charge in [0.05, 0.1) is 5.92 Å². The first-order valence-electron chi connectivity index (χ1n) is 10.4. The van der Waals surface area contributed by atoms with E-state index in [1.165, 1.54) is 5.56 Å². The monoisotopic (exact) mass is 405 g/mol. The Morgan fingerprint density at radius 2 is 1.90 bits per heavy atom. The second-order valence-corrected chi connectivity index (χ2v) is 8.06. The summed E-state index contributed by atoms with van der Waals surface area (Å²) < 4.78 is 0. The number of primary amides is 1. The summed E-state index contributed by atoms with van der Waals surface area (Å²) in [5.74, 6) is -0.621. The third-order valence-electron chi connectivity index (χ3n) is 5.98. The third kappa shape index (κ3) is 4.39. The van der Waals surface area contributed by atoms with Crippen molar-refractivity contribution < 1.29 is 14.4 Å². The number of fused-ring (bicyclic) bond motifs is 1. The molecule has 1 fully saturated rings. The van der Waals surface area contributed by atoms with E-state index in [1.54, 1.807) is 29.5 Å². The number of hydroxylamine groups is 2. The Hall–Kier alpha value is -3.12. The van der Waals surface area contributed by atoms with Crippen LogP contribution in [-0.2, 0) is 16.1 Å². The summed E-state index contributed by atoms with van der Waals surface area (Å²) in [5, 5.41) is 2.60. The van der Waals surface area contributed by atoms with Crippen molar-refractivity contribution in [3.8, 4) is 0 Å². The first kappa shape index (κ1) is 20.2. The minimum atomic E-state index is -0.488. The van der Waals surface area contributed by atoms with Gasteiger partial charge in [-0.05, 0) is 61.4 Å². The number of nitrogens with two attached hydrogens (primary N) is 1. The van der Waals surface area contributed by atoms with Gasteiger partial charge in [-0.3, -0.25) is 4.79 Å². The molecule has 4 rings (SSSR count). The van der Waals surface area contributed by atoms with Gasteiger partial charge >= 0.3 is 5.97 Å². The summed E-state index contributed by atoms with van der Waals surface area (Å²) in [5.41, 5.74) is 8.83. The predicted molar refractivity (Wildman–Crippen MR) is 116 cm³/mol. The Morgan fingerprint density at radius 1 is 1.17 bits per heavy atom. The molecular weight excluding hydrogens is 378 g/mol. The molecule has 0 bridgehead atoms. The van der Waals surface area contributed by atoms with Crippen molar-refractivity contribution in [3.05, 3.63) is 71.4 Å². The number of nitrogens with zero attached hydrogens (tertiary/aromatic N) is 1. The number of rotatable bonds is 6. The van der Waals surface area contributed by atoms with Crippen molar-refractivity contribution >= 4 is 22.8 Å². The zero-order chi connectivity index (χ0) is 21.1. The van der Waals surface area contributed by atoms with E-state index in [9.17, 15) is 9.59 Å². The molecule has 2 heterocycles. The summed E-state index contributed by atoms with van der Waals surface area (Å²) in [6.45, 7) is 3.31. The van der Waals surface area contributed by atoms with Crippen molar-refractivity contribution in [1.29, 1.82) is 0 Å². The average Bonchev–Trinajstić information content (AvgIpc) is 3.18. The predicted octanol–water partition coefficient (Wildman–Crippen LogP) is 3.78. The van der Waals surface area contributed by atoms with Crippen LogP contribution in [0.1, 0.15) is 47.2 Å². The molecule has 0 aliphatic carbocycles. The van der Waals surface area contributed by atoms with Gasteiger partial charge in [0, 0.05) is 35.8 Å². The summed E-state index contributed by atoms with van der Waals surface area (Å²) in [4.78, 5) is 33.1. The van der Waals surface area contributed by atoms with Crippen LogP contribution < -0.4 is 5.73 Å². The molecule has 1 amide bonds. The second-order valence-electron chi connectivity index (χ2n) is 8.06. The van der Waals surface area contributed by atoms with Gasteiger partial charge in [0.15, 0.2) is 0 Å². The fourth-order valence-corrected chi connectivity index (χ4v) is 4.14. The number of aromatic nitrogens is 1. The average molecular weight is 405 g/mol. The number of hydrogen-bond donors (Lipinski definition) is 2. The Balaban J connectivity index is 1.36. The van der Waals surface area contributed by atoms with Crippen LogP contribution in [0.25, 0.3) is 10.9 Å². The molecule has 1 saturated heterocycles. The molecule has 3 N–H and O–H groups in total. The summed E-state index contributed by atoms with van der Waals surface area (Å²) in [7, 11) is 0. The van der Waals surface area contributed by atoms with Crippen molar-refractivity contribution in [1.82, 2.24) is 10.0 Å². The molecule has 1 unspecified atom stereocenters. The Morgan fingerprint density at radius 3 is 2.60 bits per heavy atom. The number of piperidine rings is 1. The number of carbonyl (C=O) groups excluding carboxylic acids is 2. The van der Waals surface area contributed by atoms with Gasteiger partial charge in [-0.2, -0.15) is 0 Å². The lowest BCUT2D eigenvalue weighted by atomic mass is 9.91. The Labute approximate surface area is 176 Å². The lowest BCUT2D eigenvalue weighted by Crippen LogP contribution is -2.37. The highest BCUT2D eigenvalue weighted by molar-refractivity contribution is 5.99. The molecule has 1 aliphatic heterocycles. The summed E-state index contributed by atoms with van der Waals surface area (Å²) in [6, 6.07) is 15.7. The van der Waals surface area contributed by atoms with Crippen molar-refractivity contribution in [2.75, 3.05) is 13.1 Å². The standard InChI is InChI=1S/C24H27N3O3/c1-16(21-15-26-22-8-7-19(23(25)28)14-20(21)22)24(29)30-27-11-9-18(10-12-27)13-17-5-3-2-4-6-17/h2-8,14-16,18,26H,9-13H2,1H3,(H2,25,28). The third-order valence-corrected chi connectivity index (χ3v) is 5.98. The fourth-order valence-electron chi connectivity index (χ4n) is 4.14. The highest BCUT2D eigenvalue weighted by Crippen LogP contribution is 2.28. The van der Waals surface area contributed by atoms with E-state index >= 15 is 0 Å². The van der Waals surface area contributed by atoms with Crippen molar-refractivity contribution in [2.45, 2.75) is 32.1 Å². The minimum Gasteiger partial charge on any atom is -0.367 e. The van der Waals surface area contributed by atoms with Gasteiger partial charge in [0.25, 0.3) is 0 Å². The molecule has 3 aromatic rings. The molecule has 0 spiro atoms. The van der Waals surface area contributed by atoms with Crippen LogP contribution in [0.4, 0.5) is 0 Å². The van der Waals surface area contributed by atoms with E-state index < -0.39 is 11.8 Å². The highest BCUT2D eigenvalue weighted by atomic mass is 16.7. The minimum absolute atomic E-state index is 0.290. The molecule has 2 aromatic carbocycles. The fraction of sp³-hybridized carbons (Fsp3) is 0.333. The number of benzene rings is 2. The summed E-state index contributed by atoms with van der Waals surface area (Å²) in [6.07, 6.45) is 4.88. The second kappa shape index (κ2) is 8.71. The van der Waals surface area contributed by atoms with Gasteiger partial charge in [0.2, 0.25) is 5.91 Å². The number of nitrogens with one attached hydrogen (secondary N) is 1. The SMILES string of the molecule is CC(C(=O)ON1CCC(Cc2ccccc2)CC1)c1c[nH]c2ccc(C(N)=O)cc12. The van der Waals surface area contributed by atoms with Gasteiger partial charge in [-0.1, -0.05) is 30.3 Å². The molecule has 6 nitrogen and oxygen atoms in total. The molecule has 0 radical (unpaired) electrons. The molecule has 1 aromatic heterocycles. The van der Waals surface area contributed by atoms with E-state index in [0.717, 1.165) is 48.8 Å². The maximum atomic E-state index is 12.8. The van der Waals surface area contributed by atoms with Gasteiger partial charge in [-0.25, -0.2) is 4.79 Å². The van der Waals surface area contributed by atoms with Crippen molar-refractivity contribution in [2.24, 2.45) is 11.7 Å². The zero-order valence-electron chi connectivity index (χ0n) is 17.1. The van der Waals surface area contributed by atoms with Crippen LogP contribution in [0.2, 0.25) is 0 Å². The Kier molecular flexibility index (Phi) is 5.86.